The van der Waals surface area contributed by atoms with Crippen molar-refractivity contribution >= 4 is 11.7 Å². The number of carbonyl (C=O) groups is 1. The number of carboxylic acid groups (broad SMARTS) is 1. The van der Waals surface area contributed by atoms with Crippen LogP contribution in [0.4, 0.5) is 18.9 Å². The standard InChI is InChI=1S/C14H18F3NO2/c1-10(2)18(9-5-8-13(19)20)12-7-4-3-6-11(12)14(15,16)17/h3-4,6-7,10H,5,8-9H2,1-2H3,(H,19,20). The van der Waals surface area contributed by atoms with Crippen molar-refractivity contribution in [2.75, 3.05) is 11.4 Å². The molecule has 0 aliphatic rings. The van der Waals surface area contributed by atoms with Gasteiger partial charge in [0.25, 0.3) is 0 Å². The highest BCUT2D eigenvalue weighted by atomic mass is 19.4. The third-order valence-corrected chi connectivity index (χ3v) is 2.93. The van der Waals surface area contributed by atoms with Crippen LogP contribution in [0.2, 0.25) is 0 Å². The second kappa shape index (κ2) is 6.63. The lowest BCUT2D eigenvalue weighted by Crippen LogP contribution is -2.33. The topological polar surface area (TPSA) is 40.5 Å². The fourth-order valence-electron chi connectivity index (χ4n) is 2.02. The van der Waals surface area contributed by atoms with Crippen LogP contribution in [0, 0.1) is 0 Å². The second-order valence-electron chi connectivity index (χ2n) is 4.80. The van der Waals surface area contributed by atoms with E-state index in [1.54, 1.807) is 24.8 Å². The van der Waals surface area contributed by atoms with Gasteiger partial charge in [0, 0.05) is 24.7 Å². The van der Waals surface area contributed by atoms with E-state index in [1.807, 2.05) is 0 Å². The Morgan fingerprint density at radius 2 is 1.90 bits per heavy atom. The minimum atomic E-state index is -4.42. The van der Waals surface area contributed by atoms with Crippen LogP contribution in [0.5, 0.6) is 0 Å². The Kier molecular flexibility index (Phi) is 5.42. The summed E-state index contributed by atoms with van der Waals surface area (Å²) < 4.78 is 39.0. The largest absolute Gasteiger partial charge is 0.481 e. The van der Waals surface area contributed by atoms with E-state index in [1.165, 1.54) is 12.1 Å². The fourth-order valence-corrected chi connectivity index (χ4v) is 2.02. The molecule has 0 fully saturated rings. The summed E-state index contributed by atoms with van der Waals surface area (Å²) in [5, 5.41) is 8.62. The summed E-state index contributed by atoms with van der Waals surface area (Å²) in [7, 11) is 0. The zero-order valence-electron chi connectivity index (χ0n) is 11.4. The molecule has 3 nitrogen and oxygen atoms in total. The zero-order chi connectivity index (χ0) is 15.3. The number of hydrogen-bond donors (Lipinski definition) is 1. The van der Waals surface area contributed by atoms with Crippen molar-refractivity contribution in [3.63, 3.8) is 0 Å². The van der Waals surface area contributed by atoms with E-state index >= 15 is 0 Å². The van der Waals surface area contributed by atoms with Crippen LogP contribution in [0.25, 0.3) is 0 Å². The molecule has 1 N–H and O–H groups in total. The molecule has 0 atom stereocenters. The number of halogens is 3. The van der Waals surface area contributed by atoms with Gasteiger partial charge in [-0.25, -0.2) is 0 Å². The van der Waals surface area contributed by atoms with Crippen LogP contribution in [0.3, 0.4) is 0 Å². The van der Waals surface area contributed by atoms with E-state index in [4.69, 9.17) is 5.11 Å². The van der Waals surface area contributed by atoms with Gasteiger partial charge in [-0.3, -0.25) is 4.79 Å². The first-order valence-electron chi connectivity index (χ1n) is 6.38. The van der Waals surface area contributed by atoms with Crippen molar-refractivity contribution in [1.29, 1.82) is 0 Å². The summed E-state index contributed by atoms with van der Waals surface area (Å²) in [6, 6.07) is 5.22. The average Bonchev–Trinajstić information content (AvgIpc) is 2.33. The van der Waals surface area contributed by atoms with Gasteiger partial charge in [0.05, 0.1) is 5.56 Å². The van der Waals surface area contributed by atoms with E-state index in [0.717, 1.165) is 6.07 Å². The molecule has 6 heteroatoms. The van der Waals surface area contributed by atoms with E-state index in [-0.39, 0.29) is 24.7 Å². The van der Waals surface area contributed by atoms with Gasteiger partial charge in [-0.1, -0.05) is 12.1 Å². The smallest absolute Gasteiger partial charge is 0.418 e. The molecule has 1 aromatic carbocycles. The van der Waals surface area contributed by atoms with E-state index in [9.17, 15) is 18.0 Å². The molecule has 0 aromatic heterocycles. The van der Waals surface area contributed by atoms with Crippen LogP contribution in [-0.2, 0) is 11.0 Å². The Hall–Kier alpha value is -1.72. The molecule has 0 aliphatic heterocycles. The van der Waals surface area contributed by atoms with Crippen molar-refractivity contribution in [1.82, 2.24) is 0 Å². The summed E-state index contributed by atoms with van der Waals surface area (Å²) in [5.41, 5.74) is -0.593. The lowest BCUT2D eigenvalue weighted by atomic mass is 10.1. The van der Waals surface area contributed by atoms with Gasteiger partial charge in [-0.05, 0) is 32.4 Å². The molecule has 20 heavy (non-hydrogen) atoms. The number of anilines is 1. The molecular weight excluding hydrogens is 271 g/mol. The maximum absolute atomic E-state index is 13.0. The monoisotopic (exact) mass is 289 g/mol. The Bertz CT molecular complexity index is 458. The third kappa shape index (κ3) is 4.43. The van der Waals surface area contributed by atoms with Crippen LogP contribution < -0.4 is 4.90 Å². The molecular formula is C14H18F3NO2. The van der Waals surface area contributed by atoms with Crippen molar-refractivity contribution in [3.05, 3.63) is 29.8 Å². The molecule has 0 spiro atoms. The molecule has 0 heterocycles. The van der Waals surface area contributed by atoms with Crippen LogP contribution >= 0.6 is 0 Å². The molecule has 112 valence electrons. The van der Waals surface area contributed by atoms with Gasteiger partial charge >= 0.3 is 12.1 Å². The van der Waals surface area contributed by atoms with Crippen molar-refractivity contribution in [2.24, 2.45) is 0 Å². The van der Waals surface area contributed by atoms with Crippen molar-refractivity contribution < 1.29 is 23.1 Å². The maximum atomic E-state index is 13.0. The van der Waals surface area contributed by atoms with E-state index in [2.05, 4.69) is 0 Å². The molecule has 0 aliphatic carbocycles. The number of nitrogens with zero attached hydrogens (tertiary/aromatic N) is 1. The van der Waals surface area contributed by atoms with Gasteiger partial charge in [-0.2, -0.15) is 13.2 Å². The highest BCUT2D eigenvalue weighted by molar-refractivity contribution is 5.66. The number of hydrogen-bond acceptors (Lipinski definition) is 2. The summed E-state index contributed by atoms with van der Waals surface area (Å²) in [6.45, 7) is 3.85. The lowest BCUT2D eigenvalue weighted by molar-refractivity contribution is -0.138. The minimum absolute atomic E-state index is 0.0581. The van der Waals surface area contributed by atoms with Crippen LogP contribution in [0.15, 0.2) is 24.3 Å². The molecule has 0 unspecified atom stereocenters. The molecule has 0 saturated heterocycles. The van der Waals surface area contributed by atoms with E-state index < -0.39 is 17.7 Å². The first-order valence-corrected chi connectivity index (χ1v) is 6.38. The number of benzene rings is 1. The predicted molar refractivity (Wildman–Crippen MR) is 70.8 cm³/mol. The highest BCUT2D eigenvalue weighted by Gasteiger charge is 2.34. The third-order valence-electron chi connectivity index (χ3n) is 2.93. The molecule has 0 amide bonds. The number of carboxylic acids is 1. The van der Waals surface area contributed by atoms with Gasteiger partial charge in [-0.15, -0.1) is 0 Å². The Labute approximate surface area is 116 Å². The Balaban J connectivity index is 3.00. The predicted octanol–water partition coefficient (Wildman–Crippen LogP) is 3.79. The quantitative estimate of drug-likeness (QED) is 0.866. The maximum Gasteiger partial charge on any atom is 0.418 e. The fraction of sp³-hybridized carbons (Fsp3) is 0.500. The molecule has 0 bridgehead atoms. The molecule has 0 saturated carbocycles. The van der Waals surface area contributed by atoms with Gasteiger partial charge in [0.2, 0.25) is 0 Å². The number of para-hydroxylation sites is 1. The first-order chi connectivity index (χ1) is 9.23. The number of aliphatic carboxylic acids is 1. The van der Waals surface area contributed by atoms with Gasteiger partial charge < -0.3 is 10.0 Å². The highest BCUT2D eigenvalue weighted by Crippen LogP contribution is 2.37. The van der Waals surface area contributed by atoms with Crippen LogP contribution in [0.1, 0.15) is 32.3 Å². The normalized spacial score (nSPS) is 11.7. The molecule has 1 aromatic rings. The average molecular weight is 289 g/mol. The van der Waals surface area contributed by atoms with Crippen molar-refractivity contribution in [3.8, 4) is 0 Å². The zero-order valence-corrected chi connectivity index (χ0v) is 11.4. The summed E-state index contributed by atoms with van der Waals surface area (Å²) >= 11 is 0. The molecule has 0 radical (unpaired) electrons. The Morgan fingerprint density at radius 3 is 2.40 bits per heavy atom. The number of alkyl halides is 3. The summed E-state index contributed by atoms with van der Waals surface area (Å²) in [4.78, 5) is 12.1. The second-order valence-corrected chi connectivity index (χ2v) is 4.80. The van der Waals surface area contributed by atoms with E-state index in [0.29, 0.717) is 6.42 Å². The number of rotatable bonds is 6. The van der Waals surface area contributed by atoms with Crippen LogP contribution in [-0.4, -0.2) is 23.7 Å². The Morgan fingerprint density at radius 1 is 1.30 bits per heavy atom. The van der Waals surface area contributed by atoms with Crippen molar-refractivity contribution in [2.45, 2.75) is 38.9 Å². The minimum Gasteiger partial charge on any atom is -0.481 e. The molecule has 1 rings (SSSR count). The first kappa shape index (κ1) is 16.3. The van der Waals surface area contributed by atoms with Gasteiger partial charge in [0.1, 0.15) is 0 Å². The van der Waals surface area contributed by atoms with Gasteiger partial charge in [0.15, 0.2) is 0 Å². The SMILES string of the molecule is CC(C)N(CCCC(=O)O)c1ccccc1C(F)(F)F. The summed E-state index contributed by atoms with van der Waals surface area (Å²) in [5.74, 6) is -0.946. The lowest BCUT2D eigenvalue weighted by Gasteiger charge is -2.31. The summed E-state index contributed by atoms with van der Waals surface area (Å²) in [6.07, 6.45) is -4.17.